The molecule has 0 saturated heterocycles. The van der Waals surface area contributed by atoms with Crippen LogP contribution in [0, 0.1) is 0 Å². The van der Waals surface area contributed by atoms with Gasteiger partial charge in [-0.25, -0.2) is 8.42 Å². The van der Waals surface area contributed by atoms with Gasteiger partial charge in [0.2, 0.25) is 0 Å². The number of thiol groups is 1. The third-order valence-electron chi connectivity index (χ3n) is 0.516. The molecule has 0 aromatic rings. The summed E-state index contributed by atoms with van der Waals surface area (Å²) in [4.78, 5) is 0. The number of allylic oxidation sites excluding steroid dienone is 1. The molecule has 0 unspecified atom stereocenters. The molecule has 2 nitrogen and oxygen atoms in total. The summed E-state index contributed by atoms with van der Waals surface area (Å²) in [6.45, 7) is 3.37. The largest absolute Gasteiger partial charge is 0.232 e. The Hall–Kier alpha value is -0.310. The minimum atomic E-state index is -2.18. The molecule has 0 aliphatic carbocycles. The van der Waals surface area contributed by atoms with Crippen LogP contribution in [0.2, 0.25) is 0 Å². The van der Waals surface area contributed by atoms with Crippen LogP contribution in [-0.2, 0) is 10.7 Å². The fourth-order valence-electron chi connectivity index (χ4n) is 0.197. The second-order valence-electron chi connectivity index (χ2n) is 1.13. The maximum Gasteiger partial charge on any atom is 0.140 e. The van der Waals surface area contributed by atoms with Crippen molar-refractivity contribution in [3.8, 4) is 0 Å². The lowest BCUT2D eigenvalue weighted by Gasteiger charge is -1.75. The van der Waals surface area contributed by atoms with Crippen molar-refractivity contribution in [2.24, 2.45) is 0 Å². The van der Waals surface area contributed by atoms with Gasteiger partial charge < -0.3 is 0 Å². The van der Waals surface area contributed by atoms with Gasteiger partial charge in [0.05, 0.1) is 5.75 Å². The quantitative estimate of drug-likeness (QED) is 0.425. The molecule has 0 aliphatic rings. The average Bonchev–Trinajstić information content (AvgIpc) is 1.61. The fraction of sp³-hybridized carbons (Fsp3) is 0.500. The summed E-state index contributed by atoms with van der Waals surface area (Å²) in [5.41, 5.74) is 0. The molecule has 0 atom stereocenters. The number of rotatable bonds is 3. The van der Waals surface area contributed by atoms with Crippen LogP contribution in [0.4, 0.5) is 0 Å². The van der Waals surface area contributed by atoms with E-state index in [-0.39, 0.29) is 5.75 Å². The van der Waals surface area contributed by atoms with Gasteiger partial charge in [-0.15, -0.1) is 6.58 Å². The molecule has 0 saturated carbocycles. The predicted molar refractivity (Wildman–Crippen MR) is 30.0 cm³/mol. The lowest BCUT2D eigenvalue weighted by Crippen LogP contribution is -1.81. The molecule has 42 valence electrons. The van der Waals surface area contributed by atoms with E-state index in [0.717, 1.165) is 0 Å². The van der Waals surface area contributed by atoms with E-state index < -0.39 is 10.7 Å². The van der Waals surface area contributed by atoms with Crippen LogP contribution < -0.4 is 0 Å². The second kappa shape index (κ2) is 3.87. The molecule has 0 aromatic carbocycles. The van der Waals surface area contributed by atoms with Crippen molar-refractivity contribution in [3.05, 3.63) is 12.7 Å². The number of hydrogen-bond acceptors (Lipinski definition) is 2. The summed E-state index contributed by atoms with van der Waals surface area (Å²) in [7, 11) is -2.18. The van der Waals surface area contributed by atoms with E-state index in [1.54, 1.807) is 6.08 Å². The van der Waals surface area contributed by atoms with Crippen molar-refractivity contribution in [2.45, 2.75) is 6.42 Å². The highest BCUT2D eigenvalue weighted by molar-refractivity contribution is 7.72. The Bertz CT molecular complexity index is 107. The van der Waals surface area contributed by atoms with Crippen molar-refractivity contribution in [3.63, 3.8) is 0 Å². The average molecular weight is 120 g/mol. The molecule has 0 heterocycles. The van der Waals surface area contributed by atoms with Gasteiger partial charge in [0, 0.05) is 0 Å². The third kappa shape index (κ3) is 5.69. The molecule has 0 aromatic heterocycles. The van der Waals surface area contributed by atoms with Crippen molar-refractivity contribution in [2.75, 3.05) is 5.75 Å². The van der Waals surface area contributed by atoms with Crippen LogP contribution >= 0.6 is 0 Å². The molecule has 3 heteroatoms. The Morgan fingerprint density at radius 2 is 2.14 bits per heavy atom. The van der Waals surface area contributed by atoms with Gasteiger partial charge in [-0.3, -0.25) is 0 Å². The molecule has 0 radical (unpaired) electrons. The van der Waals surface area contributed by atoms with Crippen LogP contribution in [0.3, 0.4) is 0 Å². The smallest absolute Gasteiger partial charge is 0.140 e. The normalized spacial score (nSPS) is 9.29. The monoisotopic (exact) mass is 120 g/mol. The van der Waals surface area contributed by atoms with E-state index in [9.17, 15) is 8.42 Å². The van der Waals surface area contributed by atoms with Crippen LogP contribution in [0.25, 0.3) is 0 Å². The first-order chi connectivity index (χ1) is 3.27. The van der Waals surface area contributed by atoms with Gasteiger partial charge in [-0.05, 0) is 6.42 Å². The molecular weight excluding hydrogens is 112 g/mol. The summed E-state index contributed by atoms with van der Waals surface area (Å²) >= 11 is 0. The van der Waals surface area contributed by atoms with Gasteiger partial charge in [0.25, 0.3) is 0 Å². The Kier molecular flexibility index (Phi) is 3.69. The molecule has 0 aliphatic heterocycles. The Morgan fingerprint density at radius 1 is 1.57 bits per heavy atom. The lowest BCUT2D eigenvalue weighted by molar-refractivity contribution is 0.614. The highest BCUT2D eigenvalue weighted by Crippen LogP contribution is 1.76. The van der Waals surface area contributed by atoms with E-state index in [0.29, 0.717) is 6.42 Å². The molecule has 0 amide bonds. The highest BCUT2D eigenvalue weighted by atomic mass is 32.2. The molecule has 0 N–H and O–H groups in total. The molecule has 0 spiro atoms. The van der Waals surface area contributed by atoms with Crippen molar-refractivity contribution >= 4 is 10.7 Å². The molecular formula is C4H8O2S. The minimum absolute atomic E-state index is 0.235. The first-order valence-electron chi connectivity index (χ1n) is 2.00. The second-order valence-corrected chi connectivity index (χ2v) is 2.25. The highest BCUT2D eigenvalue weighted by Gasteiger charge is 1.78. The molecule has 7 heavy (non-hydrogen) atoms. The summed E-state index contributed by atoms with van der Waals surface area (Å²) in [5.74, 6) is 0.235. The van der Waals surface area contributed by atoms with Gasteiger partial charge in [0.15, 0.2) is 0 Å². The summed E-state index contributed by atoms with van der Waals surface area (Å²) in [5, 5.41) is 0. The molecule has 0 rings (SSSR count). The zero-order valence-corrected chi connectivity index (χ0v) is 4.86. The molecule has 0 fully saturated rings. The fourth-order valence-corrected chi connectivity index (χ4v) is 0.590. The molecule has 0 bridgehead atoms. The number of hydrogen-bond donors (Lipinski definition) is 1. The zero-order valence-electron chi connectivity index (χ0n) is 3.96. The van der Waals surface area contributed by atoms with E-state index in [2.05, 4.69) is 6.58 Å². The Morgan fingerprint density at radius 3 is 2.29 bits per heavy atom. The van der Waals surface area contributed by atoms with Crippen LogP contribution in [0.1, 0.15) is 6.42 Å². The standard InChI is InChI=1S/C4H8O2S/c1-2-3-4-7(5)6/h2,7H,1,3-4H2. The van der Waals surface area contributed by atoms with E-state index in [1.165, 1.54) is 0 Å². The van der Waals surface area contributed by atoms with Gasteiger partial charge in [-0.1, -0.05) is 6.08 Å². The van der Waals surface area contributed by atoms with Crippen molar-refractivity contribution in [1.82, 2.24) is 0 Å². The van der Waals surface area contributed by atoms with Gasteiger partial charge >= 0.3 is 0 Å². The predicted octanol–water partition coefficient (Wildman–Crippen LogP) is 0.174. The van der Waals surface area contributed by atoms with Crippen LogP contribution in [-0.4, -0.2) is 14.2 Å². The maximum absolute atomic E-state index is 9.75. The first-order valence-corrected chi connectivity index (χ1v) is 3.36. The van der Waals surface area contributed by atoms with E-state index >= 15 is 0 Å². The maximum atomic E-state index is 9.75. The van der Waals surface area contributed by atoms with Crippen LogP contribution in [0.5, 0.6) is 0 Å². The third-order valence-corrected chi connectivity index (χ3v) is 1.14. The van der Waals surface area contributed by atoms with Gasteiger partial charge in [-0.2, -0.15) is 0 Å². The summed E-state index contributed by atoms with van der Waals surface area (Å²) in [6, 6.07) is 0. The minimum Gasteiger partial charge on any atom is -0.232 e. The Labute approximate surface area is 44.8 Å². The SMILES string of the molecule is C=CCC[SH](=O)=O. The van der Waals surface area contributed by atoms with Crippen molar-refractivity contribution in [1.29, 1.82) is 0 Å². The van der Waals surface area contributed by atoms with Crippen molar-refractivity contribution < 1.29 is 8.42 Å². The summed E-state index contributed by atoms with van der Waals surface area (Å²) in [6.07, 6.45) is 2.16. The van der Waals surface area contributed by atoms with Crippen LogP contribution in [0.15, 0.2) is 12.7 Å². The van der Waals surface area contributed by atoms with E-state index in [1.807, 2.05) is 0 Å². The summed E-state index contributed by atoms with van der Waals surface area (Å²) < 4.78 is 19.5. The zero-order chi connectivity index (χ0) is 5.70. The topological polar surface area (TPSA) is 34.1 Å². The Balaban J connectivity index is 3.14. The van der Waals surface area contributed by atoms with Gasteiger partial charge in [0.1, 0.15) is 10.7 Å². The lowest BCUT2D eigenvalue weighted by atomic mass is 10.5. The van der Waals surface area contributed by atoms with E-state index in [4.69, 9.17) is 0 Å². The first kappa shape index (κ1) is 6.69.